The van der Waals surface area contributed by atoms with Crippen molar-refractivity contribution in [2.24, 2.45) is 0 Å². The van der Waals surface area contributed by atoms with Crippen molar-refractivity contribution in [2.75, 3.05) is 26.2 Å². The Kier molecular flexibility index (Phi) is 4.46. The number of piperazine rings is 1. The lowest BCUT2D eigenvalue weighted by Gasteiger charge is -2.34. The first kappa shape index (κ1) is 10.7. The summed E-state index contributed by atoms with van der Waals surface area (Å²) in [6.45, 7) is 11.3. The van der Waals surface area contributed by atoms with E-state index in [4.69, 9.17) is 0 Å². The second kappa shape index (κ2) is 5.40. The van der Waals surface area contributed by atoms with Gasteiger partial charge in [-0.05, 0) is 20.3 Å². The molecular weight excluding hydrogens is 160 g/mol. The maximum atomic E-state index is 3.41. The van der Waals surface area contributed by atoms with E-state index in [-0.39, 0.29) is 0 Å². The van der Waals surface area contributed by atoms with Gasteiger partial charge in [-0.25, -0.2) is 0 Å². The molecule has 0 radical (unpaired) electrons. The van der Waals surface area contributed by atoms with Gasteiger partial charge >= 0.3 is 0 Å². The highest BCUT2D eigenvalue weighted by Crippen LogP contribution is 2.08. The molecule has 2 heteroatoms. The van der Waals surface area contributed by atoms with Crippen LogP contribution in [-0.4, -0.2) is 37.1 Å². The topological polar surface area (TPSA) is 15.3 Å². The van der Waals surface area contributed by atoms with E-state index >= 15 is 0 Å². The van der Waals surface area contributed by atoms with Crippen LogP contribution in [0.4, 0.5) is 0 Å². The Balaban J connectivity index is 2.41. The third kappa shape index (κ3) is 3.12. The summed E-state index contributed by atoms with van der Waals surface area (Å²) in [5, 5.41) is 3.41. The fourth-order valence-electron chi connectivity index (χ4n) is 1.79. The summed E-state index contributed by atoms with van der Waals surface area (Å²) in [7, 11) is 0. The van der Waals surface area contributed by atoms with Gasteiger partial charge in [0, 0.05) is 32.2 Å². The predicted molar refractivity (Wildman–Crippen MR) is 58.0 cm³/mol. The van der Waals surface area contributed by atoms with E-state index < -0.39 is 0 Å². The molecule has 1 saturated heterocycles. The van der Waals surface area contributed by atoms with Gasteiger partial charge in [0.2, 0.25) is 0 Å². The van der Waals surface area contributed by atoms with Crippen molar-refractivity contribution in [1.29, 1.82) is 0 Å². The standard InChI is InChI=1S/C11H22N2/c1-4-11(5-2)9-13-7-6-12-8-10(13)3/h4,10,12H,5-9H2,1-3H3/b11-4+. The molecule has 1 aliphatic rings. The lowest BCUT2D eigenvalue weighted by molar-refractivity contribution is 0.187. The zero-order valence-electron chi connectivity index (χ0n) is 9.14. The third-order valence-corrected chi connectivity index (χ3v) is 2.91. The van der Waals surface area contributed by atoms with Crippen molar-refractivity contribution in [1.82, 2.24) is 10.2 Å². The fourth-order valence-corrected chi connectivity index (χ4v) is 1.79. The zero-order valence-corrected chi connectivity index (χ0v) is 9.14. The Bertz CT molecular complexity index is 175. The molecule has 0 aromatic heterocycles. The van der Waals surface area contributed by atoms with Gasteiger partial charge in [-0.3, -0.25) is 4.90 Å². The summed E-state index contributed by atoms with van der Waals surface area (Å²) < 4.78 is 0. The Morgan fingerprint density at radius 1 is 1.62 bits per heavy atom. The summed E-state index contributed by atoms with van der Waals surface area (Å²) >= 11 is 0. The Labute approximate surface area is 82.0 Å². The molecular formula is C11H22N2. The molecule has 13 heavy (non-hydrogen) atoms. The molecule has 0 amide bonds. The average Bonchev–Trinajstić information content (AvgIpc) is 2.17. The molecule has 1 rings (SSSR count). The van der Waals surface area contributed by atoms with E-state index in [2.05, 4.69) is 37.1 Å². The number of rotatable bonds is 3. The lowest BCUT2D eigenvalue weighted by atomic mass is 10.1. The van der Waals surface area contributed by atoms with E-state index in [9.17, 15) is 0 Å². The minimum absolute atomic E-state index is 0.690. The van der Waals surface area contributed by atoms with E-state index in [0.29, 0.717) is 6.04 Å². The van der Waals surface area contributed by atoms with Crippen LogP contribution in [0.3, 0.4) is 0 Å². The Hall–Kier alpha value is -0.340. The molecule has 1 aliphatic heterocycles. The van der Waals surface area contributed by atoms with Crippen molar-refractivity contribution in [3.8, 4) is 0 Å². The number of hydrogen-bond acceptors (Lipinski definition) is 2. The minimum Gasteiger partial charge on any atom is -0.314 e. The third-order valence-electron chi connectivity index (χ3n) is 2.91. The van der Waals surface area contributed by atoms with Crippen LogP contribution in [0.1, 0.15) is 27.2 Å². The van der Waals surface area contributed by atoms with Crippen LogP contribution in [0.2, 0.25) is 0 Å². The highest BCUT2D eigenvalue weighted by atomic mass is 15.2. The van der Waals surface area contributed by atoms with Gasteiger partial charge in [0.25, 0.3) is 0 Å². The second-order valence-corrected chi connectivity index (χ2v) is 3.82. The molecule has 0 aromatic carbocycles. The van der Waals surface area contributed by atoms with Crippen LogP contribution < -0.4 is 5.32 Å². The zero-order chi connectivity index (χ0) is 9.68. The summed E-state index contributed by atoms with van der Waals surface area (Å²) in [6, 6.07) is 0.690. The average molecular weight is 182 g/mol. The van der Waals surface area contributed by atoms with Crippen molar-refractivity contribution in [2.45, 2.75) is 33.2 Å². The predicted octanol–water partition coefficient (Wildman–Crippen LogP) is 1.64. The van der Waals surface area contributed by atoms with E-state index in [0.717, 1.165) is 19.6 Å². The SMILES string of the molecule is C/C=C(\CC)CN1CCNCC1C. The summed E-state index contributed by atoms with van der Waals surface area (Å²) in [5.74, 6) is 0. The van der Waals surface area contributed by atoms with E-state index in [1.165, 1.54) is 13.0 Å². The molecule has 0 aliphatic carbocycles. The van der Waals surface area contributed by atoms with E-state index in [1.54, 1.807) is 5.57 Å². The molecule has 1 N–H and O–H groups in total. The first-order valence-corrected chi connectivity index (χ1v) is 5.36. The highest BCUT2D eigenvalue weighted by molar-refractivity contribution is 5.03. The fraction of sp³-hybridized carbons (Fsp3) is 0.818. The van der Waals surface area contributed by atoms with Crippen LogP contribution in [0, 0.1) is 0 Å². The van der Waals surface area contributed by atoms with Gasteiger partial charge in [-0.15, -0.1) is 0 Å². The number of hydrogen-bond donors (Lipinski definition) is 1. The largest absolute Gasteiger partial charge is 0.314 e. The Morgan fingerprint density at radius 2 is 2.38 bits per heavy atom. The van der Waals surface area contributed by atoms with Crippen LogP contribution in [0.15, 0.2) is 11.6 Å². The molecule has 1 fully saturated rings. The highest BCUT2D eigenvalue weighted by Gasteiger charge is 2.17. The van der Waals surface area contributed by atoms with Crippen LogP contribution in [-0.2, 0) is 0 Å². The smallest absolute Gasteiger partial charge is 0.0196 e. The number of allylic oxidation sites excluding steroid dienone is 1. The summed E-state index contributed by atoms with van der Waals surface area (Å²) in [5.41, 5.74) is 1.56. The van der Waals surface area contributed by atoms with Gasteiger partial charge in [0.05, 0.1) is 0 Å². The normalized spacial score (nSPS) is 26.4. The van der Waals surface area contributed by atoms with Crippen molar-refractivity contribution >= 4 is 0 Å². The van der Waals surface area contributed by atoms with E-state index in [1.807, 2.05) is 0 Å². The molecule has 0 bridgehead atoms. The number of nitrogens with zero attached hydrogens (tertiary/aromatic N) is 1. The number of nitrogens with one attached hydrogen (secondary N) is 1. The van der Waals surface area contributed by atoms with Crippen LogP contribution in [0.5, 0.6) is 0 Å². The minimum atomic E-state index is 0.690. The van der Waals surface area contributed by atoms with Gasteiger partial charge in [0.15, 0.2) is 0 Å². The molecule has 76 valence electrons. The Morgan fingerprint density at radius 3 is 2.92 bits per heavy atom. The maximum Gasteiger partial charge on any atom is 0.0196 e. The van der Waals surface area contributed by atoms with Crippen molar-refractivity contribution in [3.63, 3.8) is 0 Å². The lowest BCUT2D eigenvalue weighted by Crippen LogP contribution is -2.50. The van der Waals surface area contributed by atoms with Crippen molar-refractivity contribution < 1.29 is 0 Å². The first-order chi connectivity index (χ1) is 6.27. The monoisotopic (exact) mass is 182 g/mol. The van der Waals surface area contributed by atoms with Gasteiger partial charge in [0.1, 0.15) is 0 Å². The molecule has 1 atom stereocenters. The van der Waals surface area contributed by atoms with Crippen molar-refractivity contribution in [3.05, 3.63) is 11.6 Å². The van der Waals surface area contributed by atoms with Crippen LogP contribution >= 0.6 is 0 Å². The van der Waals surface area contributed by atoms with Crippen LogP contribution in [0.25, 0.3) is 0 Å². The molecule has 0 aromatic rings. The van der Waals surface area contributed by atoms with Gasteiger partial charge < -0.3 is 5.32 Å². The molecule has 0 saturated carbocycles. The summed E-state index contributed by atoms with van der Waals surface area (Å²) in [6.07, 6.45) is 3.45. The van der Waals surface area contributed by atoms with Gasteiger partial charge in [-0.2, -0.15) is 0 Å². The molecule has 2 nitrogen and oxygen atoms in total. The maximum absolute atomic E-state index is 3.41. The molecule has 1 heterocycles. The molecule has 0 spiro atoms. The summed E-state index contributed by atoms with van der Waals surface area (Å²) in [4.78, 5) is 2.56. The molecule has 1 unspecified atom stereocenters. The first-order valence-electron chi connectivity index (χ1n) is 5.36. The quantitative estimate of drug-likeness (QED) is 0.667. The second-order valence-electron chi connectivity index (χ2n) is 3.82. The van der Waals surface area contributed by atoms with Gasteiger partial charge in [-0.1, -0.05) is 18.6 Å².